The van der Waals surface area contributed by atoms with Crippen molar-refractivity contribution in [2.24, 2.45) is 0 Å². The molecule has 70 valence electrons. The van der Waals surface area contributed by atoms with Gasteiger partial charge in [0.15, 0.2) is 6.33 Å². The van der Waals surface area contributed by atoms with Gasteiger partial charge < -0.3 is 0 Å². The van der Waals surface area contributed by atoms with Gasteiger partial charge in [-0.05, 0) is 18.2 Å². The number of aromatic nitrogens is 4. The smallest absolute Gasteiger partial charge is 0.203 e. The van der Waals surface area contributed by atoms with Gasteiger partial charge in [-0.2, -0.15) is 0 Å². The minimum atomic E-state index is -0.517. The maximum atomic E-state index is 13.0. The first-order valence-electron chi connectivity index (χ1n) is 3.73. The topological polar surface area (TPSA) is 51.6 Å². The van der Waals surface area contributed by atoms with Gasteiger partial charge in [0.1, 0.15) is 5.82 Å². The van der Waals surface area contributed by atoms with Crippen LogP contribution in [0.5, 0.6) is 0 Å². The summed E-state index contributed by atoms with van der Waals surface area (Å²) in [5.74, 6) is -0.250. The molecule has 1 aromatic carbocycles. The Morgan fingerprint density at radius 3 is 2.50 bits per heavy atom. The van der Waals surface area contributed by atoms with Crippen molar-refractivity contribution in [1.82, 2.24) is 20.4 Å². The Morgan fingerprint density at radius 1 is 1.14 bits per heavy atom. The van der Waals surface area contributed by atoms with E-state index in [0.717, 1.165) is 0 Å². The van der Waals surface area contributed by atoms with E-state index in [1.807, 2.05) is 0 Å². The van der Waals surface area contributed by atoms with Crippen LogP contribution in [-0.4, -0.2) is 20.4 Å². The molecular weight excluding hydrogens is 207 g/mol. The molecule has 0 N–H and O–H groups in total. The molecule has 0 aliphatic carbocycles. The Bertz CT molecular complexity index is 448. The second-order valence-electron chi connectivity index (χ2n) is 2.50. The molecule has 0 fully saturated rings. The van der Waals surface area contributed by atoms with Gasteiger partial charge in [-0.15, -0.1) is 20.4 Å². The fourth-order valence-electron chi connectivity index (χ4n) is 0.955. The first kappa shape index (κ1) is 8.96. The van der Waals surface area contributed by atoms with E-state index in [2.05, 4.69) is 20.4 Å². The van der Waals surface area contributed by atoms with Crippen LogP contribution in [0.4, 0.5) is 4.39 Å². The molecule has 1 aromatic heterocycles. The maximum absolute atomic E-state index is 13.0. The number of hydrogen-bond acceptors (Lipinski definition) is 4. The van der Waals surface area contributed by atoms with Crippen LogP contribution in [0.3, 0.4) is 0 Å². The first-order valence-corrected chi connectivity index (χ1v) is 4.11. The molecule has 0 spiro atoms. The van der Waals surface area contributed by atoms with Crippen LogP contribution in [0.15, 0.2) is 24.5 Å². The molecule has 0 saturated heterocycles. The standard InChI is InChI=1S/C8H4ClFN4/c9-6-2-1-5(3-7(6)10)8-13-11-4-12-14-8/h1-4H. The highest BCUT2D eigenvalue weighted by atomic mass is 35.5. The lowest BCUT2D eigenvalue weighted by Crippen LogP contribution is -1.94. The average Bonchev–Trinajstić information content (AvgIpc) is 2.23. The van der Waals surface area contributed by atoms with Crippen molar-refractivity contribution in [3.05, 3.63) is 35.4 Å². The summed E-state index contributed by atoms with van der Waals surface area (Å²) in [5, 5.41) is 14.5. The van der Waals surface area contributed by atoms with E-state index in [0.29, 0.717) is 5.56 Å². The van der Waals surface area contributed by atoms with Crippen LogP contribution in [0.25, 0.3) is 11.4 Å². The summed E-state index contributed by atoms with van der Waals surface area (Å²) in [6, 6.07) is 4.27. The molecule has 14 heavy (non-hydrogen) atoms. The van der Waals surface area contributed by atoms with Crippen LogP contribution >= 0.6 is 11.6 Å². The largest absolute Gasteiger partial charge is 0.205 e. The molecule has 4 nitrogen and oxygen atoms in total. The fourth-order valence-corrected chi connectivity index (χ4v) is 1.07. The SMILES string of the molecule is Fc1cc(-c2nncnn2)ccc1Cl. The summed E-state index contributed by atoms with van der Waals surface area (Å²) in [5.41, 5.74) is 0.493. The number of nitrogens with zero attached hydrogens (tertiary/aromatic N) is 4. The zero-order chi connectivity index (χ0) is 9.97. The van der Waals surface area contributed by atoms with Crippen LogP contribution in [0, 0.1) is 5.82 Å². The van der Waals surface area contributed by atoms with Crippen molar-refractivity contribution in [3.8, 4) is 11.4 Å². The molecule has 0 saturated carbocycles. The van der Waals surface area contributed by atoms with Gasteiger partial charge in [0.25, 0.3) is 0 Å². The zero-order valence-electron chi connectivity index (χ0n) is 6.85. The third-order valence-electron chi connectivity index (χ3n) is 1.59. The Hall–Kier alpha value is -1.62. The molecule has 0 atom stereocenters. The Morgan fingerprint density at radius 2 is 1.86 bits per heavy atom. The van der Waals surface area contributed by atoms with E-state index in [1.54, 1.807) is 6.07 Å². The van der Waals surface area contributed by atoms with Gasteiger partial charge in [-0.3, -0.25) is 0 Å². The molecule has 1 heterocycles. The monoisotopic (exact) mass is 210 g/mol. The van der Waals surface area contributed by atoms with Gasteiger partial charge >= 0.3 is 0 Å². The lowest BCUT2D eigenvalue weighted by atomic mass is 10.2. The van der Waals surface area contributed by atoms with Crippen molar-refractivity contribution in [1.29, 1.82) is 0 Å². The Balaban J connectivity index is 2.48. The molecule has 2 rings (SSSR count). The number of hydrogen-bond donors (Lipinski definition) is 0. The zero-order valence-corrected chi connectivity index (χ0v) is 7.61. The van der Waals surface area contributed by atoms with Crippen molar-refractivity contribution in [2.45, 2.75) is 0 Å². The highest BCUT2D eigenvalue weighted by Crippen LogP contribution is 2.20. The molecule has 0 aliphatic heterocycles. The van der Waals surface area contributed by atoms with E-state index >= 15 is 0 Å². The normalized spacial score (nSPS) is 10.1. The summed E-state index contributed by atoms with van der Waals surface area (Å²) < 4.78 is 13.0. The van der Waals surface area contributed by atoms with Crippen LogP contribution in [-0.2, 0) is 0 Å². The van der Waals surface area contributed by atoms with Gasteiger partial charge in [0, 0.05) is 5.56 Å². The predicted octanol–water partition coefficient (Wildman–Crippen LogP) is 1.73. The number of rotatable bonds is 1. The number of halogens is 2. The van der Waals surface area contributed by atoms with E-state index in [1.165, 1.54) is 18.5 Å². The molecule has 6 heteroatoms. The minimum absolute atomic E-state index is 0.0607. The fraction of sp³-hybridized carbons (Fsp3) is 0. The predicted molar refractivity (Wildman–Crippen MR) is 48.0 cm³/mol. The summed E-state index contributed by atoms with van der Waals surface area (Å²) in [7, 11) is 0. The van der Waals surface area contributed by atoms with Gasteiger partial charge in [-0.25, -0.2) is 4.39 Å². The number of benzene rings is 1. The lowest BCUT2D eigenvalue weighted by Gasteiger charge is -1.98. The van der Waals surface area contributed by atoms with Crippen molar-refractivity contribution < 1.29 is 4.39 Å². The second-order valence-corrected chi connectivity index (χ2v) is 2.91. The first-order chi connectivity index (χ1) is 6.77. The van der Waals surface area contributed by atoms with Crippen LogP contribution in [0.1, 0.15) is 0 Å². The Labute approximate surface area is 83.8 Å². The molecule has 0 aliphatic rings. The highest BCUT2D eigenvalue weighted by molar-refractivity contribution is 6.30. The minimum Gasteiger partial charge on any atom is -0.205 e. The molecule has 0 radical (unpaired) electrons. The molecule has 2 aromatic rings. The lowest BCUT2D eigenvalue weighted by molar-refractivity contribution is 0.628. The van der Waals surface area contributed by atoms with E-state index in [4.69, 9.17) is 11.6 Å². The summed E-state index contributed by atoms with van der Waals surface area (Å²) >= 11 is 5.52. The average molecular weight is 211 g/mol. The van der Waals surface area contributed by atoms with Crippen molar-refractivity contribution in [3.63, 3.8) is 0 Å². The summed E-state index contributed by atoms with van der Waals surface area (Å²) in [6.45, 7) is 0. The second kappa shape index (κ2) is 3.63. The highest BCUT2D eigenvalue weighted by Gasteiger charge is 2.05. The van der Waals surface area contributed by atoms with Gasteiger partial charge in [0.2, 0.25) is 5.82 Å². The third kappa shape index (κ3) is 1.67. The van der Waals surface area contributed by atoms with Gasteiger partial charge in [0.05, 0.1) is 5.02 Å². The van der Waals surface area contributed by atoms with E-state index < -0.39 is 5.82 Å². The maximum Gasteiger partial charge on any atom is 0.203 e. The van der Waals surface area contributed by atoms with Gasteiger partial charge in [-0.1, -0.05) is 11.6 Å². The quantitative estimate of drug-likeness (QED) is 0.719. The van der Waals surface area contributed by atoms with E-state index in [-0.39, 0.29) is 10.8 Å². The van der Waals surface area contributed by atoms with Crippen molar-refractivity contribution in [2.75, 3.05) is 0 Å². The van der Waals surface area contributed by atoms with E-state index in [9.17, 15) is 4.39 Å². The summed E-state index contributed by atoms with van der Waals surface area (Å²) in [6.07, 6.45) is 1.20. The molecular formula is C8H4ClFN4. The molecule has 0 amide bonds. The molecule has 0 bridgehead atoms. The van der Waals surface area contributed by atoms with Crippen molar-refractivity contribution >= 4 is 11.6 Å². The van der Waals surface area contributed by atoms with Crippen LogP contribution < -0.4 is 0 Å². The third-order valence-corrected chi connectivity index (χ3v) is 1.89. The molecule has 0 unspecified atom stereocenters. The summed E-state index contributed by atoms with van der Waals surface area (Å²) in [4.78, 5) is 0. The Kier molecular flexibility index (Phi) is 2.32. The van der Waals surface area contributed by atoms with Crippen LogP contribution in [0.2, 0.25) is 5.02 Å².